The number of benzene rings is 1. The molecule has 0 spiro atoms. The number of ether oxygens (including phenoxy) is 2. The first-order valence-corrected chi connectivity index (χ1v) is 10.6. The Bertz CT molecular complexity index is 1060. The van der Waals surface area contributed by atoms with Crippen molar-refractivity contribution in [3.05, 3.63) is 35.0 Å². The van der Waals surface area contributed by atoms with E-state index in [4.69, 9.17) is 31.3 Å². The quantitative estimate of drug-likeness (QED) is 0.415. The van der Waals surface area contributed by atoms with E-state index in [1.54, 1.807) is 12.1 Å². The smallest absolute Gasteiger partial charge is 0.258 e. The van der Waals surface area contributed by atoms with Crippen LogP contribution in [-0.2, 0) is 0 Å². The van der Waals surface area contributed by atoms with E-state index in [2.05, 4.69) is 34.3 Å². The standard InChI is InChI=1S/C22H28ClN5O4/c1-12(2)10-25-19-8-15(5-13(3)26-19)22-27-21(28-32-22)14-6-17(23)20(18(7-14)30-4)31-11-16(29)9-24/h5-8,12,16,29H,9-11,24H2,1-4H3,(H,25,26)/t16-/m0/s1. The molecule has 0 saturated carbocycles. The number of aromatic nitrogens is 3. The van der Waals surface area contributed by atoms with Crippen LogP contribution in [0.1, 0.15) is 19.5 Å². The number of methoxy groups -OCH3 is 1. The zero-order valence-electron chi connectivity index (χ0n) is 18.6. The Balaban J connectivity index is 1.87. The fourth-order valence-electron chi connectivity index (χ4n) is 2.89. The number of nitrogens with zero attached hydrogens (tertiary/aromatic N) is 3. The number of aliphatic hydroxyl groups excluding tert-OH is 1. The molecular formula is C22H28ClN5O4. The largest absolute Gasteiger partial charge is 0.493 e. The SMILES string of the molecule is COc1cc(-c2noc(-c3cc(C)nc(NCC(C)C)c3)n2)cc(Cl)c1OC[C@@H](O)CN. The molecule has 2 heterocycles. The molecule has 9 nitrogen and oxygen atoms in total. The maximum atomic E-state index is 9.64. The van der Waals surface area contributed by atoms with Gasteiger partial charge in [0.25, 0.3) is 5.89 Å². The van der Waals surface area contributed by atoms with Crippen molar-refractivity contribution in [2.75, 3.05) is 32.1 Å². The van der Waals surface area contributed by atoms with E-state index in [0.717, 1.165) is 23.6 Å². The van der Waals surface area contributed by atoms with Gasteiger partial charge in [-0.25, -0.2) is 4.98 Å². The minimum Gasteiger partial charge on any atom is -0.493 e. The highest BCUT2D eigenvalue weighted by molar-refractivity contribution is 6.32. The molecular weight excluding hydrogens is 434 g/mol. The Morgan fingerprint density at radius 3 is 2.66 bits per heavy atom. The van der Waals surface area contributed by atoms with Crippen molar-refractivity contribution in [1.29, 1.82) is 0 Å². The summed E-state index contributed by atoms with van der Waals surface area (Å²) < 4.78 is 16.5. The van der Waals surface area contributed by atoms with Crippen LogP contribution in [0.4, 0.5) is 5.82 Å². The van der Waals surface area contributed by atoms with Crippen molar-refractivity contribution in [2.24, 2.45) is 11.7 Å². The molecule has 3 aromatic rings. The van der Waals surface area contributed by atoms with Crippen LogP contribution in [0.5, 0.6) is 11.5 Å². The van der Waals surface area contributed by atoms with Gasteiger partial charge in [0.2, 0.25) is 5.82 Å². The number of halogens is 1. The Morgan fingerprint density at radius 2 is 1.97 bits per heavy atom. The van der Waals surface area contributed by atoms with Gasteiger partial charge in [0.15, 0.2) is 11.5 Å². The lowest BCUT2D eigenvalue weighted by Crippen LogP contribution is -2.26. The maximum absolute atomic E-state index is 9.64. The molecule has 0 saturated heterocycles. The van der Waals surface area contributed by atoms with Crippen molar-refractivity contribution in [3.8, 4) is 34.3 Å². The second-order valence-electron chi connectivity index (χ2n) is 7.77. The highest BCUT2D eigenvalue weighted by Crippen LogP contribution is 2.39. The molecule has 172 valence electrons. The summed E-state index contributed by atoms with van der Waals surface area (Å²) >= 11 is 6.39. The van der Waals surface area contributed by atoms with Crippen LogP contribution < -0.4 is 20.5 Å². The molecule has 32 heavy (non-hydrogen) atoms. The minimum absolute atomic E-state index is 0.00709. The van der Waals surface area contributed by atoms with Gasteiger partial charge in [0, 0.05) is 29.9 Å². The van der Waals surface area contributed by atoms with Gasteiger partial charge in [-0.05, 0) is 37.1 Å². The van der Waals surface area contributed by atoms with Gasteiger partial charge in [-0.2, -0.15) is 4.98 Å². The summed E-state index contributed by atoms with van der Waals surface area (Å²) in [6.07, 6.45) is -0.807. The molecule has 2 aromatic heterocycles. The first kappa shape index (κ1) is 23.8. The van der Waals surface area contributed by atoms with E-state index in [-0.39, 0.29) is 18.2 Å². The summed E-state index contributed by atoms with van der Waals surface area (Å²) in [7, 11) is 1.49. The molecule has 3 rings (SSSR count). The van der Waals surface area contributed by atoms with Crippen LogP contribution in [-0.4, -0.2) is 53.1 Å². The van der Waals surface area contributed by atoms with Crippen molar-refractivity contribution < 1.29 is 19.1 Å². The van der Waals surface area contributed by atoms with Crippen LogP contribution >= 0.6 is 11.6 Å². The summed E-state index contributed by atoms with van der Waals surface area (Å²) in [5, 5.41) is 17.3. The Morgan fingerprint density at radius 1 is 1.19 bits per heavy atom. The van der Waals surface area contributed by atoms with E-state index in [1.807, 2.05) is 19.1 Å². The maximum Gasteiger partial charge on any atom is 0.258 e. The number of pyridine rings is 1. The molecule has 0 aliphatic heterocycles. The Labute approximate surface area is 191 Å². The van der Waals surface area contributed by atoms with Crippen LogP contribution in [0, 0.1) is 12.8 Å². The monoisotopic (exact) mass is 461 g/mol. The van der Waals surface area contributed by atoms with Crippen molar-refractivity contribution in [3.63, 3.8) is 0 Å². The zero-order chi connectivity index (χ0) is 23.3. The van der Waals surface area contributed by atoms with Gasteiger partial charge in [0.05, 0.1) is 12.1 Å². The van der Waals surface area contributed by atoms with Gasteiger partial charge in [-0.1, -0.05) is 30.6 Å². The van der Waals surface area contributed by atoms with Gasteiger partial charge in [-0.3, -0.25) is 0 Å². The minimum atomic E-state index is -0.807. The number of hydrogen-bond donors (Lipinski definition) is 3. The van der Waals surface area contributed by atoms with Crippen LogP contribution in [0.2, 0.25) is 5.02 Å². The van der Waals surface area contributed by atoms with Crippen molar-refractivity contribution >= 4 is 17.4 Å². The lowest BCUT2D eigenvalue weighted by molar-refractivity contribution is 0.112. The molecule has 0 aliphatic carbocycles. The molecule has 0 fully saturated rings. The molecule has 1 aromatic carbocycles. The molecule has 0 unspecified atom stereocenters. The summed E-state index contributed by atoms with van der Waals surface area (Å²) in [5.41, 5.74) is 7.60. The molecule has 0 aliphatic rings. The number of nitrogens with two attached hydrogens (primary N) is 1. The predicted octanol–water partition coefficient (Wildman–Crippen LogP) is 3.54. The predicted molar refractivity (Wildman–Crippen MR) is 123 cm³/mol. The lowest BCUT2D eigenvalue weighted by atomic mass is 10.2. The fourth-order valence-corrected chi connectivity index (χ4v) is 3.15. The summed E-state index contributed by atoms with van der Waals surface area (Å²) in [6.45, 7) is 7.04. The van der Waals surface area contributed by atoms with Gasteiger partial charge >= 0.3 is 0 Å². The summed E-state index contributed by atoms with van der Waals surface area (Å²) in [5.74, 6) is 2.63. The highest BCUT2D eigenvalue weighted by atomic mass is 35.5. The first-order valence-electron chi connectivity index (χ1n) is 10.3. The molecule has 1 atom stereocenters. The van der Waals surface area contributed by atoms with Crippen molar-refractivity contribution in [2.45, 2.75) is 26.9 Å². The Hall–Kier alpha value is -2.88. The fraction of sp³-hybridized carbons (Fsp3) is 0.409. The first-order chi connectivity index (χ1) is 15.3. The third-order valence-corrected chi connectivity index (χ3v) is 4.78. The normalized spacial score (nSPS) is 12.1. The van der Waals surface area contributed by atoms with E-state index in [9.17, 15) is 5.11 Å². The average molecular weight is 462 g/mol. The van der Waals surface area contributed by atoms with E-state index in [1.165, 1.54) is 7.11 Å². The van der Waals surface area contributed by atoms with Crippen LogP contribution in [0.25, 0.3) is 22.8 Å². The van der Waals surface area contributed by atoms with E-state index < -0.39 is 6.10 Å². The van der Waals surface area contributed by atoms with Crippen LogP contribution in [0.3, 0.4) is 0 Å². The van der Waals surface area contributed by atoms with E-state index in [0.29, 0.717) is 34.7 Å². The van der Waals surface area contributed by atoms with E-state index >= 15 is 0 Å². The third kappa shape index (κ3) is 5.87. The molecule has 0 bridgehead atoms. The number of nitrogens with one attached hydrogen (secondary N) is 1. The second kappa shape index (κ2) is 10.6. The highest BCUT2D eigenvalue weighted by Gasteiger charge is 2.18. The van der Waals surface area contributed by atoms with Gasteiger partial charge in [-0.15, -0.1) is 0 Å². The van der Waals surface area contributed by atoms with Gasteiger partial charge in [0.1, 0.15) is 18.5 Å². The Kier molecular flexibility index (Phi) is 7.89. The zero-order valence-corrected chi connectivity index (χ0v) is 19.3. The summed E-state index contributed by atoms with van der Waals surface area (Å²) in [6, 6.07) is 7.10. The second-order valence-corrected chi connectivity index (χ2v) is 8.18. The number of hydrogen-bond acceptors (Lipinski definition) is 9. The molecule has 0 radical (unpaired) electrons. The van der Waals surface area contributed by atoms with Crippen LogP contribution in [0.15, 0.2) is 28.8 Å². The number of rotatable bonds is 10. The average Bonchev–Trinajstić information content (AvgIpc) is 3.26. The number of anilines is 1. The van der Waals surface area contributed by atoms with Gasteiger partial charge < -0.3 is 30.2 Å². The molecule has 10 heteroatoms. The topological polar surface area (TPSA) is 129 Å². The number of aryl methyl sites for hydroxylation is 1. The molecule has 4 N–H and O–H groups in total. The molecule has 0 amide bonds. The summed E-state index contributed by atoms with van der Waals surface area (Å²) in [4.78, 5) is 9.02. The number of aliphatic hydroxyl groups is 1. The lowest BCUT2D eigenvalue weighted by Gasteiger charge is -2.15. The third-order valence-electron chi connectivity index (χ3n) is 4.50. The van der Waals surface area contributed by atoms with Crippen molar-refractivity contribution in [1.82, 2.24) is 15.1 Å².